The summed E-state index contributed by atoms with van der Waals surface area (Å²) in [6.07, 6.45) is 0.371. The van der Waals surface area contributed by atoms with E-state index in [9.17, 15) is 4.39 Å². The maximum Gasteiger partial charge on any atom is 0.123 e. The molecule has 0 unspecified atom stereocenters. The Hall–Kier alpha value is -2.05. The zero-order valence-electron chi connectivity index (χ0n) is 10.1. The van der Waals surface area contributed by atoms with E-state index in [1.807, 2.05) is 12.1 Å². The summed E-state index contributed by atoms with van der Waals surface area (Å²) in [5.74, 6) is 0.314. The highest BCUT2D eigenvalue weighted by atomic mass is 35.5. The quantitative estimate of drug-likeness (QED) is 0.841. The molecule has 0 heterocycles. The number of ether oxygens (including phenoxy) is 1. The van der Waals surface area contributed by atoms with Crippen molar-refractivity contribution in [2.75, 3.05) is 0 Å². The van der Waals surface area contributed by atoms with Crippen LogP contribution in [0.4, 0.5) is 4.39 Å². The van der Waals surface area contributed by atoms with Crippen LogP contribution in [-0.2, 0) is 13.0 Å². The fraction of sp³-hybridized carbons (Fsp3) is 0.133. The monoisotopic (exact) mass is 275 g/mol. The molecule has 0 atom stereocenters. The zero-order chi connectivity index (χ0) is 13.7. The van der Waals surface area contributed by atoms with Gasteiger partial charge in [0.2, 0.25) is 0 Å². The van der Waals surface area contributed by atoms with E-state index in [0.29, 0.717) is 22.8 Å². The number of halogens is 2. The lowest BCUT2D eigenvalue weighted by Crippen LogP contribution is -1.97. The first kappa shape index (κ1) is 13.4. The summed E-state index contributed by atoms with van der Waals surface area (Å²) in [6.45, 7) is 0.203. The van der Waals surface area contributed by atoms with Crippen molar-refractivity contribution in [2.45, 2.75) is 13.0 Å². The number of hydrogen-bond donors (Lipinski definition) is 0. The van der Waals surface area contributed by atoms with Gasteiger partial charge in [-0.3, -0.25) is 0 Å². The van der Waals surface area contributed by atoms with Gasteiger partial charge in [0, 0.05) is 10.6 Å². The highest BCUT2D eigenvalue weighted by Gasteiger charge is 2.03. The van der Waals surface area contributed by atoms with Crippen LogP contribution in [0.25, 0.3) is 0 Å². The van der Waals surface area contributed by atoms with Gasteiger partial charge in [-0.25, -0.2) is 4.39 Å². The van der Waals surface area contributed by atoms with Gasteiger partial charge in [0.15, 0.2) is 0 Å². The van der Waals surface area contributed by atoms with Gasteiger partial charge in [-0.05, 0) is 35.9 Å². The van der Waals surface area contributed by atoms with E-state index >= 15 is 0 Å². The van der Waals surface area contributed by atoms with E-state index in [1.54, 1.807) is 12.1 Å². The third kappa shape index (κ3) is 3.70. The molecule has 0 aliphatic heterocycles. The van der Waals surface area contributed by atoms with Gasteiger partial charge < -0.3 is 4.74 Å². The topological polar surface area (TPSA) is 33.0 Å². The van der Waals surface area contributed by atoms with Gasteiger partial charge in [-0.1, -0.05) is 23.7 Å². The Morgan fingerprint density at radius 2 is 1.89 bits per heavy atom. The van der Waals surface area contributed by atoms with Crippen LogP contribution in [0, 0.1) is 17.1 Å². The molecule has 96 valence electrons. The van der Waals surface area contributed by atoms with E-state index in [1.165, 1.54) is 18.2 Å². The van der Waals surface area contributed by atoms with Crippen LogP contribution in [0.1, 0.15) is 11.1 Å². The molecule has 2 rings (SSSR count). The molecule has 0 N–H and O–H groups in total. The minimum Gasteiger partial charge on any atom is -0.489 e. The smallest absolute Gasteiger partial charge is 0.123 e. The molecule has 0 aliphatic carbocycles. The van der Waals surface area contributed by atoms with Crippen molar-refractivity contribution >= 4 is 11.6 Å². The molecule has 0 saturated heterocycles. The van der Waals surface area contributed by atoms with E-state index in [-0.39, 0.29) is 12.4 Å². The van der Waals surface area contributed by atoms with E-state index < -0.39 is 0 Å². The number of nitrogens with zero attached hydrogens (tertiary/aromatic N) is 1. The summed E-state index contributed by atoms with van der Waals surface area (Å²) in [6, 6.07) is 13.4. The minimum atomic E-state index is -0.340. The second-order valence-electron chi connectivity index (χ2n) is 4.00. The van der Waals surface area contributed by atoms with Crippen LogP contribution >= 0.6 is 11.6 Å². The molecule has 4 heteroatoms. The molecule has 2 nitrogen and oxygen atoms in total. The molecule has 2 aromatic carbocycles. The molecule has 0 fully saturated rings. The van der Waals surface area contributed by atoms with Crippen molar-refractivity contribution in [3.8, 4) is 11.8 Å². The van der Waals surface area contributed by atoms with Gasteiger partial charge in [0.25, 0.3) is 0 Å². The van der Waals surface area contributed by atoms with Crippen molar-refractivity contribution in [1.82, 2.24) is 0 Å². The largest absolute Gasteiger partial charge is 0.489 e. The van der Waals surface area contributed by atoms with Gasteiger partial charge in [-0.2, -0.15) is 5.26 Å². The molecule has 0 aromatic heterocycles. The van der Waals surface area contributed by atoms with Crippen molar-refractivity contribution in [1.29, 1.82) is 5.26 Å². The molecular formula is C15H11ClFNO. The van der Waals surface area contributed by atoms with Gasteiger partial charge >= 0.3 is 0 Å². The predicted octanol–water partition coefficient (Wildman–Crippen LogP) is 4.12. The molecule has 0 radical (unpaired) electrons. The second-order valence-corrected chi connectivity index (χ2v) is 4.41. The molecule has 2 aromatic rings. The first-order valence-corrected chi connectivity index (χ1v) is 6.09. The van der Waals surface area contributed by atoms with E-state index in [4.69, 9.17) is 21.6 Å². The van der Waals surface area contributed by atoms with Gasteiger partial charge in [-0.15, -0.1) is 0 Å². The van der Waals surface area contributed by atoms with E-state index in [0.717, 1.165) is 5.56 Å². The second kappa shape index (κ2) is 6.21. The number of nitriles is 1. The number of hydrogen-bond acceptors (Lipinski definition) is 2. The predicted molar refractivity (Wildman–Crippen MR) is 71.5 cm³/mol. The Bertz CT molecular complexity index is 605. The van der Waals surface area contributed by atoms with Crippen molar-refractivity contribution < 1.29 is 9.13 Å². The Labute approximate surface area is 116 Å². The summed E-state index contributed by atoms with van der Waals surface area (Å²) in [5, 5.41) is 9.04. The van der Waals surface area contributed by atoms with Crippen LogP contribution in [0.15, 0.2) is 42.5 Å². The third-order valence-corrected chi connectivity index (χ3v) is 2.98. The summed E-state index contributed by atoms with van der Waals surface area (Å²) in [5.41, 5.74) is 1.53. The highest BCUT2D eigenvalue weighted by molar-refractivity contribution is 6.31. The molecule has 0 bridgehead atoms. The first-order chi connectivity index (χ1) is 9.19. The zero-order valence-corrected chi connectivity index (χ0v) is 10.8. The Balaban J connectivity index is 2.02. The fourth-order valence-electron chi connectivity index (χ4n) is 1.61. The van der Waals surface area contributed by atoms with Gasteiger partial charge in [0.1, 0.15) is 18.2 Å². The average Bonchev–Trinajstić information content (AvgIpc) is 2.42. The first-order valence-electron chi connectivity index (χ1n) is 5.71. The lowest BCUT2D eigenvalue weighted by atomic mass is 10.1. The Morgan fingerprint density at radius 3 is 2.58 bits per heavy atom. The SMILES string of the molecule is N#CCc1ccc(OCc2cc(F)ccc2Cl)cc1. The maximum absolute atomic E-state index is 13.1. The normalized spacial score (nSPS) is 9.95. The number of benzene rings is 2. The fourth-order valence-corrected chi connectivity index (χ4v) is 1.78. The average molecular weight is 276 g/mol. The van der Waals surface area contributed by atoms with Crippen molar-refractivity contribution in [3.05, 3.63) is 64.4 Å². The lowest BCUT2D eigenvalue weighted by Gasteiger charge is -2.08. The minimum absolute atomic E-state index is 0.203. The summed E-state index contributed by atoms with van der Waals surface area (Å²) < 4.78 is 18.6. The van der Waals surface area contributed by atoms with Crippen molar-refractivity contribution in [2.24, 2.45) is 0 Å². The van der Waals surface area contributed by atoms with Crippen LogP contribution in [0.2, 0.25) is 5.02 Å². The van der Waals surface area contributed by atoms with Crippen LogP contribution < -0.4 is 4.74 Å². The molecule has 19 heavy (non-hydrogen) atoms. The lowest BCUT2D eigenvalue weighted by molar-refractivity contribution is 0.305. The summed E-state index contributed by atoms with van der Waals surface area (Å²) in [4.78, 5) is 0. The standard InChI is InChI=1S/C15H11ClFNO/c16-15-6-3-13(17)9-12(15)10-19-14-4-1-11(2-5-14)7-8-18/h1-6,9H,7,10H2. The van der Waals surface area contributed by atoms with Gasteiger partial charge in [0.05, 0.1) is 12.5 Å². The highest BCUT2D eigenvalue weighted by Crippen LogP contribution is 2.20. The van der Waals surface area contributed by atoms with Crippen LogP contribution in [0.5, 0.6) is 5.75 Å². The van der Waals surface area contributed by atoms with Crippen LogP contribution in [0.3, 0.4) is 0 Å². The van der Waals surface area contributed by atoms with Crippen molar-refractivity contribution in [3.63, 3.8) is 0 Å². The van der Waals surface area contributed by atoms with Crippen LogP contribution in [-0.4, -0.2) is 0 Å². The maximum atomic E-state index is 13.1. The summed E-state index contributed by atoms with van der Waals surface area (Å²) >= 11 is 5.95. The molecule has 0 amide bonds. The Kier molecular flexibility index (Phi) is 4.38. The third-order valence-electron chi connectivity index (χ3n) is 2.61. The molecular weight excluding hydrogens is 265 g/mol. The molecule has 0 spiro atoms. The molecule has 0 aliphatic rings. The Morgan fingerprint density at radius 1 is 1.16 bits per heavy atom. The molecule has 0 saturated carbocycles. The van der Waals surface area contributed by atoms with E-state index in [2.05, 4.69) is 6.07 Å². The number of rotatable bonds is 4. The summed E-state index contributed by atoms with van der Waals surface area (Å²) in [7, 11) is 0.